The zero-order valence-electron chi connectivity index (χ0n) is 14.2. The molecule has 0 bridgehead atoms. The summed E-state index contributed by atoms with van der Waals surface area (Å²) in [5.41, 5.74) is 1.21. The van der Waals surface area contributed by atoms with Gasteiger partial charge >= 0.3 is 0 Å². The van der Waals surface area contributed by atoms with E-state index < -0.39 is 24.9 Å². The average molecular weight is 410 g/mol. The first-order chi connectivity index (χ1) is 12.7. The molecule has 3 heterocycles. The molecular formula is C18H14ClF2N3O2S. The molecule has 1 aromatic carbocycles. The maximum Gasteiger partial charge on any atom is 0.282 e. The SMILES string of the molecule is Cc1sc2ncn(CC(=O)N3CC(F)(F)C3)c(=O)c2c1-c1ccc(Cl)cc1. The highest BCUT2D eigenvalue weighted by atomic mass is 35.5. The molecule has 1 saturated heterocycles. The van der Waals surface area contributed by atoms with Gasteiger partial charge in [0.2, 0.25) is 5.91 Å². The number of halogens is 3. The van der Waals surface area contributed by atoms with Crippen molar-refractivity contribution in [2.45, 2.75) is 19.4 Å². The van der Waals surface area contributed by atoms with E-state index in [-0.39, 0.29) is 12.1 Å². The number of rotatable bonds is 3. The quantitative estimate of drug-likeness (QED) is 0.664. The predicted molar refractivity (Wildman–Crippen MR) is 101 cm³/mol. The van der Waals surface area contributed by atoms with Crippen molar-refractivity contribution in [3.8, 4) is 11.1 Å². The molecule has 1 fully saturated rings. The van der Waals surface area contributed by atoms with Crippen LogP contribution >= 0.6 is 22.9 Å². The summed E-state index contributed by atoms with van der Waals surface area (Å²) < 4.78 is 27.1. The van der Waals surface area contributed by atoms with Gasteiger partial charge in [-0.15, -0.1) is 11.3 Å². The van der Waals surface area contributed by atoms with Gasteiger partial charge in [0.25, 0.3) is 11.5 Å². The molecule has 0 spiro atoms. The Morgan fingerprint density at radius 2 is 1.96 bits per heavy atom. The maximum atomic E-state index is 13.0. The summed E-state index contributed by atoms with van der Waals surface area (Å²) in [6.07, 6.45) is 1.29. The molecule has 0 aliphatic carbocycles. The van der Waals surface area contributed by atoms with Crippen LogP contribution < -0.4 is 5.56 Å². The molecule has 0 radical (unpaired) electrons. The third-order valence-corrected chi connectivity index (χ3v) is 5.76. The topological polar surface area (TPSA) is 55.2 Å². The zero-order valence-corrected chi connectivity index (χ0v) is 15.8. The minimum atomic E-state index is -2.84. The molecule has 0 N–H and O–H groups in total. The van der Waals surface area contributed by atoms with Crippen molar-refractivity contribution >= 4 is 39.1 Å². The standard InChI is InChI=1S/C18H14ClF2N3O2S/c1-10-14(11-2-4-12(19)5-3-11)15-16(27-10)22-9-23(17(15)26)6-13(25)24-7-18(20,21)8-24/h2-5,9H,6-8H2,1H3. The fourth-order valence-electron chi connectivity index (χ4n) is 3.15. The van der Waals surface area contributed by atoms with Crippen LogP contribution in [0.15, 0.2) is 35.4 Å². The Labute approximate surface area is 161 Å². The molecule has 4 rings (SSSR count). The molecule has 2 aromatic heterocycles. The molecule has 0 atom stereocenters. The monoisotopic (exact) mass is 409 g/mol. The van der Waals surface area contributed by atoms with Crippen molar-refractivity contribution in [2.75, 3.05) is 13.1 Å². The third-order valence-electron chi connectivity index (χ3n) is 4.49. The average Bonchev–Trinajstić information content (AvgIpc) is 2.93. The Balaban J connectivity index is 1.73. The number of aromatic nitrogens is 2. The largest absolute Gasteiger partial charge is 0.329 e. The minimum Gasteiger partial charge on any atom is -0.329 e. The molecule has 1 amide bonds. The van der Waals surface area contributed by atoms with Crippen molar-refractivity contribution in [1.29, 1.82) is 0 Å². The van der Waals surface area contributed by atoms with Crippen LogP contribution in [0.2, 0.25) is 5.02 Å². The van der Waals surface area contributed by atoms with E-state index in [1.807, 2.05) is 19.1 Å². The van der Waals surface area contributed by atoms with Crippen molar-refractivity contribution in [1.82, 2.24) is 14.5 Å². The van der Waals surface area contributed by atoms with Gasteiger partial charge in [-0.3, -0.25) is 14.2 Å². The summed E-state index contributed by atoms with van der Waals surface area (Å²) in [7, 11) is 0. The number of benzene rings is 1. The second-order valence-electron chi connectivity index (χ2n) is 6.50. The van der Waals surface area contributed by atoms with E-state index >= 15 is 0 Å². The molecule has 27 heavy (non-hydrogen) atoms. The number of amides is 1. The fraction of sp³-hybridized carbons (Fsp3) is 0.278. The van der Waals surface area contributed by atoms with Crippen molar-refractivity contribution in [3.05, 3.63) is 50.8 Å². The van der Waals surface area contributed by atoms with E-state index in [0.717, 1.165) is 20.9 Å². The lowest BCUT2D eigenvalue weighted by atomic mass is 10.0. The van der Waals surface area contributed by atoms with E-state index in [2.05, 4.69) is 4.98 Å². The number of carbonyl (C=O) groups is 1. The number of carbonyl (C=O) groups excluding carboxylic acids is 1. The smallest absolute Gasteiger partial charge is 0.282 e. The van der Waals surface area contributed by atoms with E-state index in [0.29, 0.717) is 15.2 Å². The zero-order chi connectivity index (χ0) is 19.3. The highest BCUT2D eigenvalue weighted by Crippen LogP contribution is 2.35. The van der Waals surface area contributed by atoms with Crippen LogP contribution in [0.4, 0.5) is 8.78 Å². The predicted octanol–water partition coefficient (Wildman–Crippen LogP) is 3.56. The first kappa shape index (κ1) is 18.1. The van der Waals surface area contributed by atoms with E-state index in [1.165, 1.54) is 22.2 Å². The number of aryl methyl sites for hydroxylation is 1. The molecular weight excluding hydrogens is 396 g/mol. The minimum absolute atomic E-state index is 0.313. The van der Waals surface area contributed by atoms with Crippen LogP contribution in [-0.2, 0) is 11.3 Å². The Morgan fingerprint density at radius 3 is 2.59 bits per heavy atom. The maximum absolute atomic E-state index is 13.0. The van der Waals surface area contributed by atoms with Crippen LogP contribution in [0.1, 0.15) is 4.88 Å². The van der Waals surface area contributed by atoms with Gasteiger partial charge in [0.1, 0.15) is 11.4 Å². The van der Waals surface area contributed by atoms with Gasteiger partial charge < -0.3 is 4.90 Å². The number of nitrogens with zero attached hydrogens (tertiary/aromatic N) is 3. The van der Waals surface area contributed by atoms with Crippen LogP contribution in [0.5, 0.6) is 0 Å². The van der Waals surface area contributed by atoms with Gasteiger partial charge in [0.05, 0.1) is 24.8 Å². The summed E-state index contributed by atoms with van der Waals surface area (Å²) in [5, 5.41) is 1.01. The van der Waals surface area contributed by atoms with Crippen LogP contribution in [0, 0.1) is 6.92 Å². The molecule has 0 unspecified atom stereocenters. The van der Waals surface area contributed by atoms with Crippen LogP contribution in [-0.4, -0.2) is 39.4 Å². The summed E-state index contributed by atoms with van der Waals surface area (Å²) in [6.45, 7) is 0.369. The number of hydrogen-bond acceptors (Lipinski definition) is 4. The van der Waals surface area contributed by atoms with Gasteiger partial charge in [-0.05, 0) is 24.6 Å². The Morgan fingerprint density at radius 1 is 1.30 bits per heavy atom. The number of thiophene rings is 1. The molecule has 1 aliphatic heterocycles. The van der Waals surface area contributed by atoms with Gasteiger partial charge in [-0.2, -0.15) is 0 Å². The Hall–Kier alpha value is -2.32. The number of hydrogen-bond donors (Lipinski definition) is 0. The van der Waals surface area contributed by atoms with Gasteiger partial charge in [-0.1, -0.05) is 23.7 Å². The molecule has 5 nitrogen and oxygen atoms in total. The first-order valence-electron chi connectivity index (χ1n) is 8.15. The summed E-state index contributed by atoms with van der Waals surface area (Å²) in [4.78, 5) is 32.0. The number of likely N-dealkylation sites (tertiary alicyclic amines) is 1. The van der Waals surface area contributed by atoms with Crippen molar-refractivity contribution in [3.63, 3.8) is 0 Å². The summed E-state index contributed by atoms with van der Waals surface area (Å²) in [5.74, 6) is -3.36. The third kappa shape index (κ3) is 3.23. The lowest BCUT2D eigenvalue weighted by molar-refractivity contribution is -0.166. The molecule has 9 heteroatoms. The first-order valence-corrected chi connectivity index (χ1v) is 9.35. The molecule has 140 valence electrons. The lowest BCUT2D eigenvalue weighted by Crippen LogP contribution is -2.59. The number of fused-ring (bicyclic) bond motifs is 1. The highest BCUT2D eigenvalue weighted by Gasteiger charge is 2.46. The fourth-order valence-corrected chi connectivity index (χ4v) is 4.28. The normalized spacial score (nSPS) is 15.8. The van der Waals surface area contributed by atoms with E-state index in [9.17, 15) is 18.4 Å². The summed E-state index contributed by atoms with van der Waals surface area (Å²) in [6, 6.07) is 7.12. The van der Waals surface area contributed by atoms with Crippen LogP contribution in [0.3, 0.4) is 0 Å². The molecule has 3 aromatic rings. The highest BCUT2D eigenvalue weighted by molar-refractivity contribution is 7.19. The van der Waals surface area contributed by atoms with Crippen molar-refractivity contribution in [2.24, 2.45) is 0 Å². The van der Waals surface area contributed by atoms with Crippen LogP contribution in [0.25, 0.3) is 21.3 Å². The molecule has 0 saturated carbocycles. The second-order valence-corrected chi connectivity index (χ2v) is 8.14. The van der Waals surface area contributed by atoms with E-state index in [4.69, 9.17) is 11.6 Å². The molecule has 1 aliphatic rings. The van der Waals surface area contributed by atoms with Crippen molar-refractivity contribution < 1.29 is 13.6 Å². The van der Waals surface area contributed by atoms with Gasteiger partial charge in [-0.25, -0.2) is 13.8 Å². The van der Waals surface area contributed by atoms with Gasteiger partial charge in [0.15, 0.2) is 0 Å². The second kappa shape index (κ2) is 6.38. The number of alkyl halides is 2. The lowest BCUT2D eigenvalue weighted by Gasteiger charge is -2.38. The Kier molecular flexibility index (Phi) is 4.27. The van der Waals surface area contributed by atoms with E-state index in [1.54, 1.807) is 12.1 Å². The van der Waals surface area contributed by atoms with Gasteiger partial charge in [0, 0.05) is 15.5 Å². The summed E-state index contributed by atoms with van der Waals surface area (Å²) >= 11 is 7.33. The Bertz CT molecular complexity index is 1100.